The van der Waals surface area contributed by atoms with Gasteiger partial charge in [-0.15, -0.1) is 0 Å². The minimum absolute atomic E-state index is 0.444. The second kappa shape index (κ2) is 4.04. The lowest BCUT2D eigenvalue weighted by Crippen LogP contribution is -2.38. The van der Waals surface area contributed by atoms with Crippen LogP contribution in [-0.2, 0) is 4.79 Å². The molecule has 0 bridgehead atoms. The minimum atomic E-state index is 0.444. The molecule has 1 aliphatic carbocycles. The molecule has 0 N–H and O–H groups in total. The monoisotopic (exact) mass is 169 g/mol. The SMILES string of the molecule is CCN(C(C)C)C1CCC(=O)C1. The van der Waals surface area contributed by atoms with E-state index in [1.54, 1.807) is 0 Å². The molecule has 0 aromatic carbocycles. The van der Waals surface area contributed by atoms with Crippen LogP contribution in [0.1, 0.15) is 40.0 Å². The predicted octanol–water partition coefficient (Wildman–Crippen LogP) is 1.84. The summed E-state index contributed by atoms with van der Waals surface area (Å²) >= 11 is 0. The van der Waals surface area contributed by atoms with Crippen LogP contribution >= 0.6 is 0 Å². The molecule has 1 atom stereocenters. The Morgan fingerprint density at radius 2 is 2.25 bits per heavy atom. The molecular formula is C10H19NO. The van der Waals surface area contributed by atoms with Gasteiger partial charge >= 0.3 is 0 Å². The highest BCUT2D eigenvalue weighted by Gasteiger charge is 2.27. The van der Waals surface area contributed by atoms with Gasteiger partial charge in [-0.05, 0) is 26.8 Å². The van der Waals surface area contributed by atoms with Crippen LogP contribution in [0.5, 0.6) is 0 Å². The molecule has 2 heteroatoms. The molecule has 1 saturated carbocycles. The first-order valence-electron chi connectivity index (χ1n) is 4.92. The number of Topliss-reactive ketones (excluding diaryl/α,β-unsaturated/α-hetero) is 1. The summed E-state index contributed by atoms with van der Waals surface area (Å²) in [5, 5.41) is 0. The molecule has 12 heavy (non-hydrogen) atoms. The van der Waals surface area contributed by atoms with Crippen molar-refractivity contribution in [2.24, 2.45) is 0 Å². The lowest BCUT2D eigenvalue weighted by Gasteiger charge is -2.30. The second-order valence-electron chi connectivity index (χ2n) is 3.86. The van der Waals surface area contributed by atoms with Crippen molar-refractivity contribution in [3.8, 4) is 0 Å². The van der Waals surface area contributed by atoms with Gasteiger partial charge in [0, 0.05) is 24.9 Å². The predicted molar refractivity (Wildman–Crippen MR) is 50.2 cm³/mol. The molecule has 0 aliphatic heterocycles. The zero-order valence-electron chi connectivity index (χ0n) is 8.34. The number of ketones is 1. The van der Waals surface area contributed by atoms with Gasteiger partial charge in [0.1, 0.15) is 5.78 Å². The molecule has 0 heterocycles. The molecule has 0 spiro atoms. The maximum atomic E-state index is 11.1. The summed E-state index contributed by atoms with van der Waals surface area (Å²) in [6, 6.07) is 1.10. The number of carbonyl (C=O) groups excluding carboxylic acids is 1. The average molecular weight is 169 g/mol. The van der Waals surface area contributed by atoms with E-state index in [4.69, 9.17) is 0 Å². The molecule has 1 fully saturated rings. The van der Waals surface area contributed by atoms with Gasteiger partial charge in [0.25, 0.3) is 0 Å². The van der Waals surface area contributed by atoms with Gasteiger partial charge in [-0.2, -0.15) is 0 Å². The first kappa shape index (κ1) is 9.72. The van der Waals surface area contributed by atoms with Crippen molar-refractivity contribution in [1.82, 2.24) is 4.90 Å². The topological polar surface area (TPSA) is 20.3 Å². The molecule has 1 unspecified atom stereocenters. The third-order valence-corrected chi connectivity index (χ3v) is 2.72. The van der Waals surface area contributed by atoms with Crippen LogP contribution in [0, 0.1) is 0 Å². The molecule has 70 valence electrons. The first-order valence-corrected chi connectivity index (χ1v) is 4.92. The van der Waals surface area contributed by atoms with Crippen LogP contribution in [0.3, 0.4) is 0 Å². The van der Waals surface area contributed by atoms with E-state index in [0.29, 0.717) is 17.9 Å². The lowest BCUT2D eigenvalue weighted by molar-refractivity contribution is -0.117. The van der Waals surface area contributed by atoms with Gasteiger partial charge < -0.3 is 0 Å². The smallest absolute Gasteiger partial charge is 0.134 e. The fourth-order valence-electron chi connectivity index (χ4n) is 2.12. The Morgan fingerprint density at radius 1 is 1.58 bits per heavy atom. The molecule has 0 aromatic rings. The van der Waals surface area contributed by atoms with Crippen LogP contribution < -0.4 is 0 Å². The fourth-order valence-corrected chi connectivity index (χ4v) is 2.12. The maximum Gasteiger partial charge on any atom is 0.134 e. The highest BCUT2D eigenvalue weighted by molar-refractivity contribution is 5.81. The Morgan fingerprint density at radius 3 is 2.58 bits per heavy atom. The quantitative estimate of drug-likeness (QED) is 0.642. The third-order valence-electron chi connectivity index (χ3n) is 2.72. The van der Waals surface area contributed by atoms with Crippen LogP contribution in [0.25, 0.3) is 0 Å². The fraction of sp³-hybridized carbons (Fsp3) is 0.900. The standard InChI is InChI=1S/C10H19NO/c1-4-11(8(2)3)9-5-6-10(12)7-9/h8-9H,4-7H2,1-3H3. The Kier molecular flexibility index (Phi) is 3.27. The Hall–Kier alpha value is -0.370. The number of hydrogen-bond donors (Lipinski definition) is 0. The first-order chi connectivity index (χ1) is 5.65. The zero-order valence-corrected chi connectivity index (χ0v) is 8.34. The minimum Gasteiger partial charge on any atom is -0.300 e. The Bertz CT molecular complexity index is 165. The largest absolute Gasteiger partial charge is 0.300 e. The van der Waals surface area contributed by atoms with Gasteiger partial charge in [0.05, 0.1) is 0 Å². The highest BCUT2D eigenvalue weighted by Crippen LogP contribution is 2.22. The third kappa shape index (κ3) is 2.07. The van der Waals surface area contributed by atoms with Crippen molar-refractivity contribution in [2.45, 2.75) is 52.1 Å². The van der Waals surface area contributed by atoms with Crippen LogP contribution in [0.4, 0.5) is 0 Å². The van der Waals surface area contributed by atoms with Crippen molar-refractivity contribution in [3.63, 3.8) is 0 Å². The van der Waals surface area contributed by atoms with E-state index < -0.39 is 0 Å². The number of nitrogens with zero attached hydrogens (tertiary/aromatic N) is 1. The molecule has 0 amide bonds. The summed E-state index contributed by atoms with van der Waals surface area (Å²) in [7, 11) is 0. The van der Waals surface area contributed by atoms with Crippen molar-refractivity contribution in [1.29, 1.82) is 0 Å². The average Bonchev–Trinajstić information content (AvgIpc) is 2.37. The second-order valence-corrected chi connectivity index (χ2v) is 3.86. The number of rotatable bonds is 3. The van der Waals surface area contributed by atoms with E-state index in [9.17, 15) is 4.79 Å². The van der Waals surface area contributed by atoms with Crippen molar-refractivity contribution < 1.29 is 4.79 Å². The van der Waals surface area contributed by atoms with E-state index >= 15 is 0 Å². The van der Waals surface area contributed by atoms with E-state index in [2.05, 4.69) is 25.7 Å². The number of carbonyl (C=O) groups is 1. The summed E-state index contributed by atoms with van der Waals surface area (Å²) in [6.07, 6.45) is 2.66. The normalized spacial score (nSPS) is 24.4. The van der Waals surface area contributed by atoms with E-state index in [1.165, 1.54) is 0 Å². The van der Waals surface area contributed by atoms with E-state index in [1.807, 2.05) is 0 Å². The van der Waals surface area contributed by atoms with E-state index in [-0.39, 0.29) is 0 Å². The molecule has 1 rings (SSSR count). The van der Waals surface area contributed by atoms with Gasteiger partial charge in [0.15, 0.2) is 0 Å². The summed E-state index contributed by atoms with van der Waals surface area (Å²) in [4.78, 5) is 13.5. The van der Waals surface area contributed by atoms with Crippen LogP contribution in [0.15, 0.2) is 0 Å². The van der Waals surface area contributed by atoms with Gasteiger partial charge in [-0.3, -0.25) is 9.69 Å². The van der Waals surface area contributed by atoms with Gasteiger partial charge in [-0.1, -0.05) is 6.92 Å². The number of hydrogen-bond acceptors (Lipinski definition) is 2. The van der Waals surface area contributed by atoms with Crippen molar-refractivity contribution in [3.05, 3.63) is 0 Å². The maximum absolute atomic E-state index is 11.1. The summed E-state index contributed by atoms with van der Waals surface area (Å²) in [5.41, 5.74) is 0. The molecular weight excluding hydrogens is 150 g/mol. The van der Waals surface area contributed by atoms with E-state index in [0.717, 1.165) is 25.8 Å². The summed E-state index contributed by atoms with van der Waals surface area (Å²) in [5.74, 6) is 0.444. The zero-order chi connectivity index (χ0) is 9.14. The summed E-state index contributed by atoms with van der Waals surface area (Å²) in [6.45, 7) is 7.64. The summed E-state index contributed by atoms with van der Waals surface area (Å²) < 4.78 is 0. The lowest BCUT2D eigenvalue weighted by atomic mass is 10.1. The molecule has 0 radical (unpaired) electrons. The molecule has 2 nitrogen and oxygen atoms in total. The van der Waals surface area contributed by atoms with Crippen molar-refractivity contribution in [2.75, 3.05) is 6.54 Å². The van der Waals surface area contributed by atoms with Crippen LogP contribution in [0.2, 0.25) is 0 Å². The van der Waals surface area contributed by atoms with Gasteiger partial charge in [0.2, 0.25) is 0 Å². The highest BCUT2D eigenvalue weighted by atomic mass is 16.1. The molecule has 0 aromatic heterocycles. The molecule has 0 saturated heterocycles. The van der Waals surface area contributed by atoms with Crippen molar-refractivity contribution >= 4 is 5.78 Å². The Labute approximate surface area is 74.9 Å². The molecule has 1 aliphatic rings. The van der Waals surface area contributed by atoms with Gasteiger partial charge in [-0.25, -0.2) is 0 Å². The Balaban J connectivity index is 2.49. The van der Waals surface area contributed by atoms with Crippen LogP contribution in [-0.4, -0.2) is 29.3 Å².